The number of hydrogen-bond donors (Lipinski definition) is 2. The van der Waals surface area contributed by atoms with Crippen LogP contribution < -0.4 is 11.1 Å². The molecule has 1 amide bonds. The highest BCUT2D eigenvalue weighted by Gasteiger charge is 2.13. The maximum absolute atomic E-state index is 11.8. The minimum atomic E-state index is -0.516. The Morgan fingerprint density at radius 3 is 2.70 bits per heavy atom. The van der Waals surface area contributed by atoms with E-state index in [1.54, 1.807) is 36.0 Å². The van der Waals surface area contributed by atoms with E-state index in [-0.39, 0.29) is 24.1 Å². The minimum absolute atomic E-state index is 0. The van der Waals surface area contributed by atoms with Crippen LogP contribution in [0.2, 0.25) is 0 Å². The van der Waals surface area contributed by atoms with Crippen molar-refractivity contribution in [3.63, 3.8) is 0 Å². The fourth-order valence-electron chi connectivity index (χ4n) is 1.59. The van der Waals surface area contributed by atoms with Crippen LogP contribution in [0.1, 0.15) is 30.1 Å². The van der Waals surface area contributed by atoms with Crippen LogP contribution in [-0.2, 0) is 4.79 Å². The number of amides is 1. The topological polar surface area (TPSA) is 72.2 Å². The number of halogens is 1. The number of benzene rings is 1. The van der Waals surface area contributed by atoms with Crippen molar-refractivity contribution in [1.29, 1.82) is 0 Å². The smallest absolute Gasteiger partial charge is 0.241 e. The van der Waals surface area contributed by atoms with E-state index in [0.29, 0.717) is 24.1 Å². The summed E-state index contributed by atoms with van der Waals surface area (Å²) in [6.07, 6.45) is 3.07. The van der Waals surface area contributed by atoms with Crippen molar-refractivity contribution in [2.24, 2.45) is 5.73 Å². The second kappa shape index (κ2) is 9.80. The second-order valence-electron chi connectivity index (χ2n) is 4.23. The molecule has 1 atom stereocenters. The normalized spacial score (nSPS) is 11.3. The van der Waals surface area contributed by atoms with Gasteiger partial charge in [-0.3, -0.25) is 9.59 Å². The van der Waals surface area contributed by atoms with Gasteiger partial charge < -0.3 is 11.1 Å². The predicted octanol–water partition coefficient (Wildman–Crippen LogP) is 2.72. The maximum Gasteiger partial charge on any atom is 0.241 e. The Bertz CT molecular complexity index is 455. The molecule has 3 N–H and O–H groups in total. The van der Waals surface area contributed by atoms with Gasteiger partial charge in [-0.1, -0.05) is 19.1 Å². The summed E-state index contributed by atoms with van der Waals surface area (Å²) in [5.41, 5.74) is 7.01. The number of carbonyl (C=O) groups excluding carboxylic acids is 2. The van der Waals surface area contributed by atoms with Crippen LogP contribution in [0.15, 0.2) is 24.3 Å². The largest absolute Gasteiger partial charge is 0.325 e. The van der Waals surface area contributed by atoms with Crippen LogP contribution in [0.4, 0.5) is 5.69 Å². The molecule has 0 bridgehead atoms. The molecule has 1 unspecified atom stereocenters. The Morgan fingerprint density at radius 1 is 1.40 bits per heavy atom. The lowest BCUT2D eigenvalue weighted by Gasteiger charge is -2.12. The fraction of sp³-hybridized carbons (Fsp3) is 0.429. The van der Waals surface area contributed by atoms with Gasteiger partial charge in [0.1, 0.15) is 0 Å². The molecule has 1 aromatic carbocycles. The monoisotopic (exact) mass is 316 g/mol. The van der Waals surface area contributed by atoms with E-state index in [0.717, 1.165) is 5.75 Å². The Balaban J connectivity index is 0.00000361. The zero-order valence-electron chi connectivity index (χ0n) is 11.7. The Hall–Kier alpha value is -1.04. The quantitative estimate of drug-likeness (QED) is 0.759. The molecule has 6 heteroatoms. The van der Waals surface area contributed by atoms with Crippen LogP contribution in [0, 0.1) is 0 Å². The number of anilines is 1. The molecule has 1 aromatic rings. The first kappa shape index (κ1) is 19.0. The number of Topliss-reactive ketones (excluding diaryl/α,β-unsaturated/α-hetero) is 1. The van der Waals surface area contributed by atoms with Gasteiger partial charge in [0.25, 0.3) is 0 Å². The SMILES string of the molecule is CCC(=O)c1cccc(NC(=O)C(N)CCSC)c1.Cl. The number of nitrogens with two attached hydrogens (primary N) is 1. The Morgan fingerprint density at radius 2 is 2.10 bits per heavy atom. The first-order valence-electron chi connectivity index (χ1n) is 6.27. The molecule has 0 saturated carbocycles. The number of ketones is 1. The van der Waals surface area contributed by atoms with Gasteiger partial charge in [-0.05, 0) is 30.6 Å². The predicted molar refractivity (Wildman–Crippen MR) is 87.9 cm³/mol. The molecule has 0 aliphatic heterocycles. The standard InChI is InChI=1S/C14H20N2O2S.ClH/c1-3-13(17)10-5-4-6-11(9-10)16-14(18)12(15)7-8-19-2;/h4-6,9,12H,3,7-8,15H2,1-2H3,(H,16,18);1H. The molecule has 0 aromatic heterocycles. The van der Waals surface area contributed by atoms with Gasteiger partial charge in [0, 0.05) is 17.7 Å². The summed E-state index contributed by atoms with van der Waals surface area (Å²) in [6, 6.07) is 6.43. The highest BCUT2D eigenvalue weighted by molar-refractivity contribution is 7.98. The molecular formula is C14H21ClN2O2S. The summed E-state index contributed by atoms with van der Waals surface area (Å²) in [5.74, 6) is 0.695. The van der Waals surface area contributed by atoms with Crippen LogP contribution >= 0.6 is 24.2 Å². The van der Waals surface area contributed by atoms with Gasteiger partial charge in [-0.25, -0.2) is 0 Å². The molecular weight excluding hydrogens is 296 g/mol. The molecule has 1 rings (SSSR count). The fourth-order valence-corrected chi connectivity index (χ4v) is 2.08. The summed E-state index contributed by atoms with van der Waals surface area (Å²) in [4.78, 5) is 23.4. The van der Waals surface area contributed by atoms with E-state index >= 15 is 0 Å². The van der Waals surface area contributed by atoms with E-state index in [2.05, 4.69) is 5.32 Å². The van der Waals surface area contributed by atoms with Crippen molar-refractivity contribution >= 4 is 41.5 Å². The second-order valence-corrected chi connectivity index (χ2v) is 5.22. The number of carbonyl (C=O) groups is 2. The first-order chi connectivity index (χ1) is 9.08. The van der Waals surface area contributed by atoms with E-state index < -0.39 is 6.04 Å². The molecule has 112 valence electrons. The van der Waals surface area contributed by atoms with Crippen LogP contribution in [-0.4, -0.2) is 29.7 Å². The molecule has 20 heavy (non-hydrogen) atoms. The summed E-state index contributed by atoms with van der Waals surface area (Å²) in [6.45, 7) is 1.81. The van der Waals surface area contributed by atoms with E-state index in [1.165, 1.54) is 0 Å². The molecule has 0 heterocycles. The molecule has 0 aliphatic carbocycles. The van der Waals surface area contributed by atoms with Crippen molar-refractivity contribution < 1.29 is 9.59 Å². The average molecular weight is 317 g/mol. The average Bonchev–Trinajstić information content (AvgIpc) is 2.44. The van der Waals surface area contributed by atoms with Gasteiger partial charge in [0.2, 0.25) is 5.91 Å². The number of hydrogen-bond acceptors (Lipinski definition) is 4. The highest BCUT2D eigenvalue weighted by Crippen LogP contribution is 2.13. The molecule has 0 saturated heterocycles. The Kier molecular flexibility index (Phi) is 9.29. The van der Waals surface area contributed by atoms with Crippen LogP contribution in [0.5, 0.6) is 0 Å². The zero-order valence-corrected chi connectivity index (χ0v) is 13.4. The maximum atomic E-state index is 11.8. The Labute approximate surface area is 130 Å². The summed E-state index contributed by atoms with van der Waals surface area (Å²) >= 11 is 1.66. The molecule has 0 fully saturated rings. The third kappa shape index (κ3) is 5.94. The lowest BCUT2D eigenvalue weighted by Crippen LogP contribution is -2.36. The third-order valence-corrected chi connectivity index (χ3v) is 3.39. The third-order valence-electron chi connectivity index (χ3n) is 2.74. The number of thioether (sulfide) groups is 1. The van der Waals surface area contributed by atoms with Gasteiger partial charge in [0.05, 0.1) is 6.04 Å². The lowest BCUT2D eigenvalue weighted by molar-refractivity contribution is -0.117. The van der Waals surface area contributed by atoms with Crippen molar-refractivity contribution in [2.75, 3.05) is 17.3 Å². The van der Waals surface area contributed by atoms with Crippen molar-refractivity contribution in [3.8, 4) is 0 Å². The number of rotatable bonds is 7. The molecule has 4 nitrogen and oxygen atoms in total. The van der Waals surface area contributed by atoms with Crippen LogP contribution in [0.25, 0.3) is 0 Å². The van der Waals surface area contributed by atoms with E-state index in [1.807, 2.05) is 13.2 Å². The van der Waals surface area contributed by atoms with E-state index in [4.69, 9.17) is 5.73 Å². The van der Waals surface area contributed by atoms with Crippen molar-refractivity contribution in [2.45, 2.75) is 25.8 Å². The molecule has 0 spiro atoms. The summed E-state index contributed by atoms with van der Waals surface area (Å²) in [5, 5.41) is 2.74. The van der Waals surface area contributed by atoms with Crippen LogP contribution in [0.3, 0.4) is 0 Å². The van der Waals surface area contributed by atoms with Gasteiger partial charge in [-0.15, -0.1) is 12.4 Å². The van der Waals surface area contributed by atoms with Crippen molar-refractivity contribution in [1.82, 2.24) is 0 Å². The van der Waals surface area contributed by atoms with Gasteiger partial charge in [0.15, 0.2) is 5.78 Å². The zero-order chi connectivity index (χ0) is 14.3. The lowest BCUT2D eigenvalue weighted by atomic mass is 10.1. The summed E-state index contributed by atoms with van der Waals surface area (Å²) < 4.78 is 0. The van der Waals surface area contributed by atoms with Crippen molar-refractivity contribution in [3.05, 3.63) is 29.8 Å². The minimum Gasteiger partial charge on any atom is -0.325 e. The van der Waals surface area contributed by atoms with Gasteiger partial charge in [-0.2, -0.15) is 11.8 Å². The molecule has 0 aliphatic rings. The highest BCUT2D eigenvalue weighted by atomic mass is 35.5. The molecule has 0 radical (unpaired) electrons. The first-order valence-corrected chi connectivity index (χ1v) is 7.66. The number of nitrogens with one attached hydrogen (secondary N) is 1. The van der Waals surface area contributed by atoms with Gasteiger partial charge >= 0.3 is 0 Å². The van der Waals surface area contributed by atoms with E-state index in [9.17, 15) is 9.59 Å². The summed E-state index contributed by atoms with van der Waals surface area (Å²) in [7, 11) is 0.